The van der Waals surface area contributed by atoms with Gasteiger partial charge in [0.25, 0.3) is 0 Å². The Kier molecular flexibility index (Phi) is 9.85. The van der Waals surface area contributed by atoms with E-state index in [4.69, 9.17) is 23.2 Å². The second kappa shape index (κ2) is 12.1. The minimum Gasteiger partial charge on any atom is -0.354 e. The molecule has 2 amide bonds. The number of hydrogen-bond donors (Lipinski definition) is 1. The van der Waals surface area contributed by atoms with Crippen LogP contribution in [0.4, 0.5) is 0 Å². The summed E-state index contributed by atoms with van der Waals surface area (Å²) in [7, 11) is 0. The summed E-state index contributed by atoms with van der Waals surface area (Å²) in [5.41, 5.74) is 1.87. The van der Waals surface area contributed by atoms with Crippen molar-refractivity contribution < 1.29 is 9.59 Å². The number of hydrogen-bond acceptors (Lipinski definition) is 3. The second-order valence-corrected chi connectivity index (χ2v) is 8.53. The molecule has 0 aliphatic rings. The molecule has 0 aliphatic carbocycles. The molecule has 156 valence electrons. The maximum Gasteiger partial charge on any atom is 0.242 e. The standard InChI is InChI=1S/C22H26Cl2N2O2S/c1-3-11-25-22(28)16(2)26(13-18-8-4-5-10-20(18)24)21(27)15-29-14-17-7-6-9-19(23)12-17/h4-10,12,16H,3,11,13-15H2,1-2H3,(H,25,28)/t16-/m0/s1. The van der Waals surface area contributed by atoms with Gasteiger partial charge in [0.2, 0.25) is 11.8 Å². The summed E-state index contributed by atoms with van der Waals surface area (Å²) in [6.07, 6.45) is 0.840. The van der Waals surface area contributed by atoms with Crippen LogP contribution < -0.4 is 5.32 Å². The van der Waals surface area contributed by atoms with E-state index in [1.54, 1.807) is 17.9 Å². The average Bonchev–Trinajstić information content (AvgIpc) is 2.71. The molecule has 0 radical (unpaired) electrons. The van der Waals surface area contributed by atoms with Gasteiger partial charge >= 0.3 is 0 Å². The number of carbonyl (C=O) groups excluding carboxylic acids is 2. The second-order valence-electron chi connectivity index (χ2n) is 6.70. The maximum atomic E-state index is 13.0. The summed E-state index contributed by atoms with van der Waals surface area (Å²) >= 11 is 13.8. The van der Waals surface area contributed by atoms with Gasteiger partial charge in [0.1, 0.15) is 6.04 Å². The van der Waals surface area contributed by atoms with Gasteiger partial charge in [-0.05, 0) is 42.7 Å². The van der Waals surface area contributed by atoms with E-state index in [1.807, 2.05) is 49.4 Å². The molecule has 2 aromatic rings. The molecule has 0 spiro atoms. The molecule has 0 heterocycles. The third-order valence-corrected chi connectivity index (χ3v) is 5.99. The van der Waals surface area contributed by atoms with Crippen molar-refractivity contribution >= 4 is 46.8 Å². The first-order chi connectivity index (χ1) is 13.9. The summed E-state index contributed by atoms with van der Waals surface area (Å²) in [6.45, 7) is 4.61. The van der Waals surface area contributed by atoms with Crippen molar-refractivity contribution in [2.45, 2.75) is 38.6 Å². The van der Waals surface area contributed by atoms with E-state index in [-0.39, 0.29) is 24.1 Å². The number of carbonyl (C=O) groups is 2. The van der Waals surface area contributed by atoms with E-state index in [0.29, 0.717) is 22.3 Å². The van der Waals surface area contributed by atoms with Crippen molar-refractivity contribution in [2.24, 2.45) is 0 Å². The third kappa shape index (κ3) is 7.57. The fourth-order valence-electron chi connectivity index (χ4n) is 2.75. The molecule has 0 unspecified atom stereocenters. The molecule has 2 rings (SSSR count). The Bertz CT molecular complexity index is 832. The monoisotopic (exact) mass is 452 g/mol. The summed E-state index contributed by atoms with van der Waals surface area (Å²) in [5.74, 6) is 0.675. The van der Waals surface area contributed by atoms with Crippen LogP contribution in [0.5, 0.6) is 0 Å². The Hall–Kier alpha value is -1.69. The number of nitrogens with one attached hydrogen (secondary N) is 1. The van der Waals surface area contributed by atoms with Gasteiger partial charge in [-0.3, -0.25) is 9.59 Å². The normalized spacial score (nSPS) is 11.7. The molecule has 1 atom stereocenters. The van der Waals surface area contributed by atoms with E-state index >= 15 is 0 Å². The minimum absolute atomic E-state index is 0.101. The van der Waals surface area contributed by atoms with Crippen molar-refractivity contribution in [3.8, 4) is 0 Å². The van der Waals surface area contributed by atoms with Crippen LogP contribution in [0.25, 0.3) is 0 Å². The Labute approximate surface area is 187 Å². The van der Waals surface area contributed by atoms with Crippen molar-refractivity contribution in [2.75, 3.05) is 12.3 Å². The SMILES string of the molecule is CCCNC(=O)[C@H](C)N(Cc1ccccc1Cl)C(=O)CSCc1cccc(Cl)c1. The number of nitrogens with zero attached hydrogens (tertiary/aromatic N) is 1. The zero-order valence-electron chi connectivity index (χ0n) is 16.7. The lowest BCUT2D eigenvalue weighted by molar-refractivity contribution is -0.138. The van der Waals surface area contributed by atoms with E-state index in [1.165, 1.54) is 11.8 Å². The lowest BCUT2D eigenvalue weighted by Gasteiger charge is -2.29. The van der Waals surface area contributed by atoms with Crippen LogP contribution >= 0.6 is 35.0 Å². The van der Waals surface area contributed by atoms with Gasteiger partial charge < -0.3 is 10.2 Å². The molecule has 0 bridgehead atoms. The number of benzene rings is 2. The van der Waals surface area contributed by atoms with Gasteiger partial charge in [0, 0.05) is 28.9 Å². The molecule has 4 nitrogen and oxygen atoms in total. The first-order valence-corrected chi connectivity index (χ1v) is 11.5. The summed E-state index contributed by atoms with van der Waals surface area (Å²) < 4.78 is 0. The number of halogens is 2. The van der Waals surface area contributed by atoms with Crippen LogP contribution in [0.15, 0.2) is 48.5 Å². The Morgan fingerprint density at radius 1 is 1.14 bits per heavy atom. The van der Waals surface area contributed by atoms with Gasteiger partial charge in [-0.2, -0.15) is 0 Å². The zero-order chi connectivity index (χ0) is 21.2. The lowest BCUT2D eigenvalue weighted by Crippen LogP contribution is -2.48. The molecule has 0 aromatic heterocycles. The average molecular weight is 453 g/mol. The molecule has 0 saturated heterocycles. The molecule has 1 N–H and O–H groups in total. The highest BCUT2D eigenvalue weighted by Gasteiger charge is 2.26. The Morgan fingerprint density at radius 3 is 2.59 bits per heavy atom. The van der Waals surface area contributed by atoms with Gasteiger partial charge in [-0.1, -0.05) is 60.5 Å². The van der Waals surface area contributed by atoms with Crippen LogP contribution in [0.1, 0.15) is 31.4 Å². The van der Waals surface area contributed by atoms with Crippen molar-refractivity contribution in [1.29, 1.82) is 0 Å². The highest BCUT2D eigenvalue weighted by atomic mass is 35.5. The predicted molar refractivity (Wildman–Crippen MR) is 122 cm³/mol. The van der Waals surface area contributed by atoms with E-state index in [9.17, 15) is 9.59 Å². The molecule has 0 saturated carbocycles. The molecule has 0 aliphatic heterocycles. The van der Waals surface area contributed by atoms with E-state index in [0.717, 1.165) is 17.5 Å². The van der Waals surface area contributed by atoms with Gasteiger partial charge in [0.15, 0.2) is 0 Å². The van der Waals surface area contributed by atoms with Crippen LogP contribution in [0.3, 0.4) is 0 Å². The topological polar surface area (TPSA) is 49.4 Å². The maximum absolute atomic E-state index is 13.0. The van der Waals surface area contributed by atoms with Crippen molar-refractivity contribution in [3.05, 3.63) is 69.7 Å². The molecular formula is C22H26Cl2N2O2S. The minimum atomic E-state index is -0.586. The summed E-state index contributed by atoms with van der Waals surface area (Å²) in [6, 6.07) is 14.4. The highest BCUT2D eigenvalue weighted by molar-refractivity contribution is 7.99. The molecule has 2 aromatic carbocycles. The summed E-state index contributed by atoms with van der Waals surface area (Å²) in [5, 5.41) is 4.13. The molecule has 7 heteroatoms. The first kappa shape index (κ1) is 23.6. The molecular weight excluding hydrogens is 427 g/mol. The third-order valence-electron chi connectivity index (χ3n) is 4.40. The van der Waals surface area contributed by atoms with Gasteiger partial charge in [-0.15, -0.1) is 11.8 Å². The van der Waals surface area contributed by atoms with E-state index in [2.05, 4.69) is 5.32 Å². The quantitative estimate of drug-likeness (QED) is 0.540. The fraction of sp³-hybridized carbons (Fsp3) is 0.364. The van der Waals surface area contributed by atoms with Crippen LogP contribution in [-0.4, -0.2) is 35.1 Å². The Balaban J connectivity index is 2.07. The van der Waals surface area contributed by atoms with Crippen LogP contribution in [0.2, 0.25) is 10.0 Å². The lowest BCUT2D eigenvalue weighted by atomic mass is 10.1. The predicted octanol–water partition coefficient (Wildman–Crippen LogP) is 5.17. The Morgan fingerprint density at radius 2 is 1.90 bits per heavy atom. The van der Waals surface area contributed by atoms with Crippen molar-refractivity contribution in [1.82, 2.24) is 10.2 Å². The largest absolute Gasteiger partial charge is 0.354 e. The van der Waals surface area contributed by atoms with Gasteiger partial charge in [-0.25, -0.2) is 0 Å². The number of rotatable bonds is 10. The van der Waals surface area contributed by atoms with Crippen LogP contribution in [-0.2, 0) is 21.9 Å². The molecule has 29 heavy (non-hydrogen) atoms. The van der Waals surface area contributed by atoms with Crippen molar-refractivity contribution in [3.63, 3.8) is 0 Å². The van der Waals surface area contributed by atoms with Crippen LogP contribution in [0, 0.1) is 0 Å². The highest BCUT2D eigenvalue weighted by Crippen LogP contribution is 2.21. The summed E-state index contributed by atoms with van der Waals surface area (Å²) in [4.78, 5) is 27.1. The van der Waals surface area contributed by atoms with Gasteiger partial charge in [0.05, 0.1) is 5.75 Å². The van der Waals surface area contributed by atoms with E-state index < -0.39 is 6.04 Å². The zero-order valence-corrected chi connectivity index (χ0v) is 19.0. The molecule has 0 fully saturated rings. The smallest absolute Gasteiger partial charge is 0.242 e. The number of amides is 2. The first-order valence-electron chi connectivity index (χ1n) is 9.55. The fourth-order valence-corrected chi connectivity index (χ4v) is 4.02. The number of thioether (sulfide) groups is 1.